The first kappa shape index (κ1) is 17.4. The van der Waals surface area contributed by atoms with E-state index in [1.165, 1.54) is 4.57 Å². The Morgan fingerprint density at radius 2 is 1.84 bits per heavy atom. The summed E-state index contributed by atoms with van der Waals surface area (Å²) in [6.07, 6.45) is 0. The molecule has 1 aromatic carbocycles. The van der Waals surface area contributed by atoms with Crippen molar-refractivity contribution in [2.75, 3.05) is 5.73 Å². The fourth-order valence-electron chi connectivity index (χ4n) is 3.42. The lowest BCUT2D eigenvalue weighted by molar-refractivity contribution is -0.137. The molecule has 2 amide bonds. The third kappa shape index (κ3) is 2.25. The lowest BCUT2D eigenvalue weighted by Crippen LogP contribution is -2.61. The molecule has 7 nitrogen and oxygen atoms in total. The van der Waals surface area contributed by atoms with Crippen LogP contribution in [0.3, 0.4) is 0 Å². The minimum atomic E-state index is -0.871. The van der Waals surface area contributed by atoms with Gasteiger partial charge in [0, 0.05) is 5.69 Å². The summed E-state index contributed by atoms with van der Waals surface area (Å²) >= 11 is 0. The first-order valence-corrected chi connectivity index (χ1v) is 8.13. The van der Waals surface area contributed by atoms with Crippen molar-refractivity contribution in [2.45, 2.75) is 23.4 Å². The van der Waals surface area contributed by atoms with Crippen molar-refractivity contribution in [3.8, 4) is 0 Å². The van der Waals surface area contributed by atoms with E-state index < -0.39 is 22.4 Å². The maximum absolute atomic E-state index is 13.2. The molecule has 1 saturated heterocycles. The Kier molecular flexibility index (Phi) is 3.67. The predicted molar refractivity (Wildman–Crippen MR) is 107 cm³/mol. The normalized spacial score (nSPS) is 21.9. The number of imide groups is 1. The summed E-state index contributed by atoms with van der Waals surface area (Å²) in [5.74, 6) is -0.450. The van der Waals surface area contributed by atoms with E-state index in [1.807, 2.05) is 15.7 Å². The molecule has 11 heteroatoms. The first-order valence-electron chi connectivity index (χ1n) is 8.13. The highest BCUT2D eigenvalue weighted by Gasteiger charge is 2.55. The number of carbonyl (C=O) groups is 2. The van der Waals surface area contributed by atoms with Gasteiger partial charge in [-0.15, -0.1) is 0 Å². The molecule has 124 valence electrons. The number of benzene rings is 1. The molecule has 1 aliphatic heterocycles. The van der Waals surface area contributed by atoms with E-state index >= 15 is 0 Å². The van der Waals surface area contributed by atoms with Crippen LogP contribution in [0.15, 0.2) is 23.0 Å². The maximum Gasteiger partial charge on any atom is 0.264 e. The molecule has 0 bridgehead atoms. The number of rotatable bonds is 1. The molecule has 1 aromatic heterocycles. The second-order valence-corrected chi connectivity index (χ2v) is 7.64. The number of nitrogens with one attached hydrogen (secondary N) is 1. The summed E-state index contributed by atoms with van der Waals surface area (Å²) < 4.78 is 1.36. The number of aryl methyl sites for hydroxylation is 1. The molecule has 2 aromatic rings. The largest absolute Gasteiger partial charge is 0.398 e. The molecular formula is C14H18B4N4O3. The van der Waals surface area contributed by atoms with Gasteiger partial charge in [0.2, 0.25) is 11.8 Å². The summed E-state index contributed by atoms with van der Waals surface area (Å²) in [5.41, 5.74) is 6.40. The van der Waals surface area contributed by atoms with Crippen molar-refractivity contribution >= 4 is 59.8 Å². The topological polar surface area (TPSA) is 107 Å². The van der Waals surface area contributed by atoms with Crippen LogP contribution in [-0.4, -0.2) is 52.8 Å². The second-order valence-electron chi connectivity index (χ2n) is 7.64. The van der Waals surface area contributed by atoms with Crippen molar-refractivity contribution < 1.29 is 9.59 Å². The highest BCUT2D eigenvalue weighted by molar-refractivity contribution is 6.63. The molecule has 0 spiro atoms. The molecule has 25 heavy (non-hydrogen) atoms. The van der Waals surface area contributed by atoms with Crippen LogP contribution in [0, 0.1) is 6.92 Å². The summed E-state index contributed by atoms with van der Waals surface area (Å²) in [6, 6.07) is 4.20. The van der Waals surface area contributed by atoms with Gasteiger partial charge in [0.1, 0.15) is 43.3 Å². The van der Waals surface area contributed by atoms with E-state index in [-0.39, 0.29) is 16.9 Å². The Balaban J connectivity index is 2.36. The summed E-state index contributed by atoms with van der Waals surface area (Å²) in [5, 5.41) is 1.02. The molecular weight excluding hydrogens is 315 g/mol. The van der Waals surface area contributed by atoms with Crippen LogP contribution >= 0.6 is 0 Å². The fraction of sp³-hybridized carbons (Fsp3) is 0.286. The van der Waals surface area contributed by atoms with E-state index in [0.29, 0.717) is 17.0 Å². The highest BCUT2D eigenvalue weighted by atomic mass is 16.2. The number of fused-ring (bicyclic) bond motifs is 1. The van der Waals surface area contributed by atoms with E-state index in [4.69, 9.17) is 5.73 Å². The van der Waals surface area contributed by atoms with Crippen LogP contribution in [-0.2, 0) is 9.59 Å². The van der Waals surface area contributed by atoms with Gasteiger partial charge in [0.15, 0.2) is 0 Å². The standard InChI is InChI=1S/C14H18B4N4O3/c1-5-20-7-4-2-3-6(19)8(7)11(24)22(5)9-10(23)21-12(25)14(17,18)13(9,15)16/h2-4,9H,15-19H2,1H3,(H,21,23,25). The third-order valence-corrected chi connectivity index (χ3v) is 5.74. The molecule has 2 heterocycles. The number of nitrogens with two attached hydrogens (primary N) is 1. The number of piperidine rings is 1. The fourth-order valence-corrected chi connectivity index (χ4v) is 3.42. The Morgan fingerprint density at radius 3 is 2.48 bits per heavy atom. The average molecular weight is 334 g/mol. The van der Waals surface area contributed by atoms with Gasteiger partial charge in [-0.25, -0.2) is 4.98 Å². The van der Waals surface area contributed by atoms with E-state index in [1.54, 1.807) is 40.8 Å². The molecule has 1 fully saturated rings. The second kappa shape index (κ2) is 5.28. The number of nitrogens with zero attached hydrogens (tertiary/aromatic N) is 2. The van der Waals surface area contributed by atoms with Crippen LogP contribution in [0.1, 0.15) is 11.9 Å². The third-order valence-electron chi connectivity index (χ3n) is 5.74. The Morgan fingerprint density at radius 1 is 1.20 bits per heavy atom. The average Bonchev–Trinajstić information content (AvgIpc) is 2.49. The van der Waals surface area contributed by atoms with Crippen LogP contribution in [0.2, 0.25) is 10.4 Å². The van der Waals surface area contributed by atoms with Gasteiger partial charge in [-0.3, -0.25) is 24.3 Å². The zero-order valence-electron chi connectivity index (χ0n) is 15.0. The summed E-state index contributed by atoms with van der Waals surface area (Å²) in [6.45, 7) is 1.68. The van der Waals surface area contributed by atoms with Gasteiger partial charge >= 0.3 is 0 Å². The maximum atomic E-state index is 13.2. The smallest absolute Gasteiger partial charge is 0.264 e. The van der Waals surface area contributed by atoms with Gasteiger partial charge in [-0.05, 0) is 24.3 Å². The zero-order chi connectivity index (χ0) is 18.7. The van der Waals surface area contributed by atoms with Crippen LogP contribution in [0.4, 0.5) is 5.69 Å². The zero-order valence-corrected chi connectivity index (χ0v) is 15.0. The van der Waals surface area contributed by atoms with Crippen LogP contribution in [0.25, 0.3) is 10.9 Å². The van der Waals surface area contributed by atoms with Crippen LogP contribution in [0.5, 0.6) is 0 Å². The van der Waals surface area contributed by atoms with Crippen molar-refractivity contribution in [2.24, 2.45) is 0 Å². The minimum absolute atomic E-state index is 0.284. The monoisotopic (exact) mass is 334 g/mol. The lowest BCUT2D eigenvalue weighted by atomic mass is 9.26. The molecule has 0 radical (unpaired) electrons. The van der Waals surface area contributed by atoms with Gasteiger partial charge < -0.3 is 5.73 Å². The van der Waals surface area contributed by atoms with Gasteiger partial charge in [0.25, 0.3) is 5.56 Å². The number of hydrogen-bond acceptors (Lipinski definition) is 5. The van der Waals surface area contributed by atoms with Crippen LogP contribution < -0.4 is 16.6 Å². The Labute approximate surface area is 148 Å². The molecule has 3 N–H and O–H groups in total. The molecule has 1 unspecified atom stereocenters. The van der Waals surface area contributed by atoms with Crippen molar-refractivity contribution in [3.63, 3.8) is 0 Å². The molecule has 0 saturated carbocycles. The summed E-state index contributed by atoms with van der Waals surface area (Å²) in [4.78, 5) is 42.6. The van der Waals surface area contributed by atoms with Crippen molar-refractivity contribution in [3.05, 3.63) is 34.4 Å². The molecule has 3 rings (SSSR count). The van der Waals surface area contributed by atoms with E-state index in [2.05, 4.69) is 10.3 Å². The van der Waals surface area contributed by atoms with E-state index in [9.17, 15) is 14.4 Å². The minimum Gasteiger partial charge on any atom is -0.398 e. The predicted octanol–water partition coefficient (Wildman–Crippen LogP) is -3.75. The summed E-state index contributed by atoms with van der Waals surface area (Å²) in [7, 11) is 7.17. The van der Waals surface area contributed by atoms with Gasteiger partial charge in [0.05, 0.1) is 10.9 Å². The number of aromatic nitrogens is 2. The number of amides is 2. The van der Waals surface area contributed by atoms with Gasteiger partial charge in [-0.1, -0.05) is 11.3 Å². The highest BCUT2D eigenvalue weighted by Crippen LogP contribution is 2.52. The molecule has 0 aliphatic carbocycles. The van der Waals surface area contributed by atoms with Crippen molar-refractivity contribution in [1.82, 2.24) is 14.9 Å². The lowest BCUT2D eigenvalue weighted by Gasteiger charge is -2.50. The number of hydrogen-bond donors (Lipinski definition) is 2. The van der Waals surface area contributed by atoms with Gasteiger partial charge in [-0.2, -0.15) is 0 Å². The molecule has 1 aliphatic rings. The number of carbonyl (C=O) groups excluding carboxylic acids is 2. The molecule has 1 atom stereocenters. The quantitative estimate of drug-likeness (QED) is 0.317. The number of nitrogen functional groups attached to an aromatic ring is 1. The van der Waals surface area contributed by atoms with Crippen molar-refractivity contribution in [1.29, 1.82) is 0 Å². The van der Waals surface area contributed by atoms with E-state index in [0.717, 1.165) is 0 Å². The Hall–Kier alpha value is -2.44. The SMILES string of the molecule is BC1(B)C(=O)NC(=O)C(n2c(C)nc3cccc(N)c3c2=O)C1(B)B. The first-order chi connectivity index (χ1) is 11.5. The number of anilines is 1. The Bertz CT molecular complexity index is 986.